The van der Waals surface area contributed by atoms with Gasteiger partial charge in [-0.15, -0.1) is 0 Å². The Labute approximate surface area is 176 Å². The fraction of sp³-hybridized carbons (Fsp3) is 0.722. The van der Waals surface area contributed by atoms with Crippen LogP contribution in [-0.2, 0) is 14.8 Å². The van der Waals surface area contributed by atoms with E-state index >= 15 is 0 Å². The van der Waals surface area contributed by atoms with Crippen molar-refractivity contribution in [2.45, 2.75) is 37.1 Å². The van der Waals surface area contributed by atoms with E-state index in [1.54, 1.807) is 13.8 Å². The van der Waals surface area contributed by atoms with Crippen molar-refractivity contribution in [3.05, 3.63) is 11.5 Å². The first-order valence-electron chi connectivity index (χ1n) is 10.1. The van der Waals surface area contributed by atoms with Crippen LogP contribution in [0.1, 0.15) is 24.3 Å². The highest BCUT2D eigenvalue weighted by molar-refractivity contribution is 7.89. The molecule has 12 heteroatoms. The van der Waals surface area contributed by atoms with E-state index in [-0.39, 0.29) is 42.4 Å². The number of carbonyl (C=O) groups is 2. The molecule has 3 aliphatic rings. The van der Waals surface area contributed by atoms with Gasteiger partial charge in [-0.3, -0.25) is 9.69 Å². The number of hydrogen-bond donors (Lipinski definition) is 1. The fourth-order valence-electron chi connectivity index (χ4n) is 4.43. The van der Waals surface area contributed by atoms with Gasteiger partial charge in [0.15, 0.2) is 5.76 Å². The summed E-state index contributed by atoms with van der Waals surface area (Å²) in [5.41, 5.74) is -0.448. The number of rotatable bonds is 4. The Bertz CT molecular complexity index is 925. The number of aromatic nitrogens is 1. The van der Waals surface area contributed by atoms with E-state index in [9.17, 15) is 18.0 Å². The minimum atomic E-state index is -3.69. The second-order valence-electron chi connectivity index (χ2n) is 8.37. The summed E-state index contributed by atoms with van der Waals surface area (Å²) < 4.78 is 32.3. The second-order valence-corrected chi connectivity index (χ2v) is 10.2. The van der Waals surface area contributed by atoms with E-state index in [2.05, 4.69) is 15.4 Å². The Morgan fingerprint density at radius 3 is 2.27 bits per heavy atom. The van der Waals surface area contributed by atoms with Crippen molar-refractivity contribution in [2.24, 2.45) is 0 Å². The van der Waals surface area contributed by atoms with E-state index in [1.165, 1.54) is 9.21 Å². The Morgan fingerprint density at radius 1 is 1.07 bits per heavy atom. The van der Waals surface area contributed by atoms with Crippen molar-refractivity contribution in [1.29, 1.82) is 0 Å². The average molecular weight is 441 g/mol. The Balaban J connectivity index is 1.38. The van der Waals surface area contributed by atoms with Gasteiger partial charge in [-0.1, -0.05) is 5.16 Å². The molecular weight excluding hydrogens is 412 g/mol. The third kappa shape index (κ3) is 3.51. The van der Waals surface area contributed by atoms with Gasteiger partial charge in [0.2, 0.25) is 10.0 Å². The molecule has 1 spiro atoms. The lowest BCUT2D eigenvalue weighted by molar-refractivity contribution is -0.134. The fourth-order valence-corrected chi connectivity index (χ4v) is 6.14. The summed E-state index contributed by atoms with van der Waals surface area (Å²) in [6.45, 7) is 6.27. The zero-order valence-electron chi connectivity index (χ0n) is 17.5. The predicted molar refractivity (Wildman–Crippen MR) is 106 cm³/mol. The van der Waals surface area contributed by atoms with E-state index in [1.807, 2.05) is 11.9 Å². The van der Waals surface area contributed by atoms with Crippen molar-refractivity contribution in [3.8, 4) is 0 Å². The molecule has 0 saturated carbocycles. The maximum absolute atomic E-state index is 13.0. The number of nitrogens with one attached hydrogen (secondary N) is 1. The highest BCUT2D eigenvalue weighted by Gasteiger charge is 2.52. The number of hydrogen-bond acceptors (Lipinski definition) is 8. The Kier molecular flexibility index (Phi) is 5.37. The Hall–Kier alpha value is -2.02. The zero-order valence-corrected chi connectivity index (χ0v) is 18.4. The quantitative estimate of drug-likeness (QED) is 0.627. The van der Waals surface area contributed by atoms with Crippen LogP contribution in [0.3, 0.4) is 0 Å². The summed E-state index contributed by atoms with van der Waals surface area (Å²) in [4.78, 5) is 31.0. The van der Waals surface area contributed by atoms with Gasteiger partial charge >= 0.3 is 6.03 Å². The number of nitrogens with zero attached hydrogens (tertiary/aromatic N) is 5. The van der Waals surface area contributed by atoms with E-state index < -0.39 is 15.6 Å². The molecule has 0 atom stereocenters. The molecule has 0 radical (unpaired) electrons. The number of likely N-dealkylation sites (tertiary alicyclic amines) is 1. The van der Waals surface area contributed by atoms with Crippen molar-refractivity contribution in [3.63, 3.8) is 0 Å². The Morgan fingerprint density at radius 2 is 1.70 bits per heavy atom. The SMILES string of the molecule is Cc1noc(C)c1S(=O)(=O)N1CCN(CN2C(=O)NC3(CCN(C)CC3)C2=O)CC1. The van der Waals surface area contributed by atoms with Gasteiger partial charge in [0, 0.05) is 39.3 Å². The molecule has 30 heavy (non-hydrogen) atoms. The van der Waals surface area contributed by atoms with Crippen LogP contribution < -0.4 is 5.32 Å². The monoisotopic (exact) mass is 440 g/mol. The summed E-state index contributed by atoms with van der Waals surface area (Å²) >= 11 is 0. The highest BCUT2D eigenvalue weighted by Crippen LogP contribution is 2.29. The molecule has 3 fully saturated rings. The number of piperidine rings is 1. The molecule has 0 unspecified atom stereocenters. The smallest absolute Gasteiger partial charge is 0.326 e. The number of imide groups is 1. The van der Waals surface area contributed by atoms with E-state index in [4.69, 9.17) is 4.52 Å². The number of piperazine rings is 1. The van der Waals surface area contributed by atoms with Gasteiger partial charge < -0.3 is 14.7 Å². The molecule has 0 bridgehead atoms. The van der Waals surface area contributed by atoms with Crippen LogP contribution in [0.25, 0.3) is 0 Å². The van der Waals surface area contributed by atoms with Crippen LogP contribution in [0.5, 0.6) is 0 Å². The van der Waals surface area contributed by atoms with Crippen LogP contribution in [0.4, 0.5) is 4.79 Å². The molecule has 3 amide bonds. The van der Waals surface area contributed by atoms with Crippen LogP contribution in [0, 0.1) is 13.8 Å². The lowest BCUT2D eigenvalue weighted by Crippen LogP contribution is -2.55. The van der Waals surface area contributed by atoms with Gasteiger partial charge in [-0.25, -0.2) is 18.1 Å². The molecule has 166 valence electrons. The molecule has 1 N–H and O–H groups in total. The van der Waals surface area contributed by atoms with E-state index in [0.717, 1.165) is 13.1 Å². The number of aryl methyl sites for hydroxylation is 2. The van der Waals surface area contributed by atoms with Gasteiger partial charge in [-0.05, 0) is 33.7 Å². The molecule has 3 aliphatic heterocycles. The molecule has 4 rings (SSSR count). The minimum absolute atomic E-state index is 0.120. The standard InChI is InChI=1S/C18H28N6O5S/c1-13-15(14(2)29-20-13)30(27,28)23-10-8-22(9-11-23)12-24-16(25)18(19-17(24)26)4-6-21(3)7-5-18/h4-12H2,1-3H3,(H,19,26). The third-order valence-corrected chi connectivity index (χ3v) is 8.47. The molecule has 1 aromatic rings. The van der Waals surface area contributed by atoms with Crippen LogP contribution in [0.2, 0.25) is 0 Å². The van der Waals surface area contributed by atoms with Gasteiger partial charge in [-0.2, -0.15) is 4.31 Å². The minimum Gasteiger partial charge on any atom is -0.360 e. The first-order chi connectivity index (χ1) is 14.1. The summed E-state index contributed by atoms with van der Waals surface area (Å²) in [6.07, 6.45) is 1.21. The maximum atomic E-state index is 13.0. The van der Waals surface area contributed by atoms with Crippen molar-refractivity contribution < 1.29 is 22.5 Å². The van der Waals surface area contributed by atoms with Crippen molar-refractivity contribution in [2.75, 3.05) is 53.0 Å². The largest absolute Gasteiger partial charge is 0.360 e. The molecule has 0 aliphatic carbocycles. The molecule has 1 aromatic heterocycles. The zero-order chi connectivity index (χ0) is 21.7. The molecular formula is C18H28N6O5S. The molecule has 3 saturated heterocycles. The van der Waals surface area contributed by atoms with Crippen molar-refractivity contribution >= 4 is 22.0 Å². The number of amides is 3. The number of carbonyl (C=O) groups excluding carboxylic acids is 2. The summed E-state index contributed by atoms with van der Waals surface area (Å²) in [5, 5.41) is 6.64. The number of urea groups is 1. The van der Waals surface area contributed by atoms with E-state index in [0.29, 0.717) is 31.6 Å². The third-order valence-electron chi connectivity index (χ3n) is 6.32. The summed E-state index contributed by atoms with van der Waals surface area (Å²) in [6, 6.07) is -0.365. The van der Waals surface area contributed by atoms with Crippen LogP contribution in [-0.4, -0.2) is 103 Å². The lowest BCUT2D eigenvalue weighted by atomic mass is 9.88. The second kappa shape index (κ2) is 7.59. The van der Waals surface area contributed by atoms with Gasteiger partial charge in [0.1, 0.15) is 16.1 Å². The predicted octanol–water partition coefficient (Wildman–Crippen LogP) is -0.429. The first-order valence-corrected chi connectivity index (χ1v) is 11.6. The van der Waals surface area contributed by atoms with Crippen molar-refractivity contribution in [1.82, 2.24) is 29.5 Å². The summed E-state index contributed by atoms with van der Waals surface area (Å²) in [5.74, 6) is 0.101. The molecule has 4 heterocycles. The van der Waals surface area contributed by atoms with Gasteiger partial charge in [0.05, 0.1) is 6.67 Å². The number of sulfonamides is 1. The van der Waals surface area contributed by atoms with Crippen LogP contribution >= 0.6 is 0 Å². The van der Waals surface area contributed by atoms with Gasteiger partial charge in [0.25, 0.3) is 5.91 Å². The molecule has 0 aromatic carbocycles. The highest BCUT2D eigenvalue weighted by atomic mass is 32.2. The average Bonchev–Trinajstić information content (AvgIpc) is 3.16. The normalized spacial score (nSPS) is 24.0. The summed E-state index contributed by atoms with van der Waals surface area (Å²) in [7, 11) is -1.69. The molecule has 11 nitrogen and oxygen atoms in total. The van der Waals surface area contributed by atoms with Crippen LogP contribution in [0.15, 0.2) is 9.42 Å². The topological polar surface area (TPSA) is 119 Å². The maximum Gasteiger partial charge on any atom is 0.326 e. The first kappa shape index (κ1) is 21.2. The lowest BCUT2D eigenvalue weighted by Gasteiger charge is -2.37.